The molecule has 0 saturated carbocycles. The van der Waals surface area contributed by atoms with Crippen molar-refractivity contribution in [2.75, 3.05) is 0 Å². The van der Waals surface area contributed by atoms with Crippen LogP contribution in [0.5, 0.6) is 5.75 Å². The highest BCUT2D eigenvalue weighted by Crippen LogP contribution is 2.31. The molecule has 0 radical (unpaired) electrons. The largest absolute Gasteiger partial charge is 0.452 e. The lowest BCUT2D eigenvalue weighted by atomic mass is 10.1. The third kappa shape index (κ3) is 1.80. The second-order valence-corrected chi connectivity index (χ2v) is 3.93. The number of fused-ring (bicyclic) bond motifs is 1. The molecule has 1 aliphatic heterocycles. The van der Waals surface area contributed by atoms with E-state index < -0.39 is 5.79 Å². The van der Waals surface area contributed by atoms with Crippen LogP contribution >= 0.6 is 0 Å². The van der Waals surface area contributed by atoms with Crippen molar-refractivity contribution in [3.63, 3.8) is 0 Å². The molecular weight excluding hydrogens is 194 g/mol. The van der Waals surface area contributed by atoms with E-state index in [4.69, 9.17) is 15.2 Å². The molecule has 4 nitrogen and oxygen atoms in total. The highest BCUT2D eigenvalue weighted by Gasteiger charge is 2.33. The fraction of sp³-hybridized carbons (Fsp3) is 0.364. The number of hydrogen-bond donors (Lipinski definition) is 1. The maximum absolute atomic E-state index is 11.6. The van der Waals surface area contributed by atoms with Gasteiger partial charge in [0.2, 0.25) is 5.79 Å². The molecule has 0 atom stereocenters. The summed E-state index contributed by atoms with van der Waals surface area (Å²) in [6.45, 7) is 3.79. The Morgan fingerprint density at radius 2 is 2.07 bits per heavy atom. The minimum Gasteiger partial charge on any atom is -0.452 e. The van der Waals surface area contributed by atoms with Crippen molar-refractivity contribution in [1.29, 1.82) is 0 Å². The molecule has 0 fully saturated rings. The van der Waals surface area contributed by atoms with Gasteiger partial charge < -0.3 is 15.2 Å². The van der Waals surface area contributed by atoms with Gasteiger partial charge in [0.05, 0.1) is 0 Å². The fourth-order valence-electron chi connectivity index (χ4n) is 1.52. The number of rotatable bonds is 1. The van der Waals surface area contributed by atoms with Crippen molar-refractivity contribution in [3.05, 3.63) is 29.3 Å². The summed E-state index contributed by atoms with van der Waals surface area (Å²) < 4.78 is 10.6. The van der Waals surface area contributed by atoms with Crippen molar-refractivity contribution >= 4 is 5.97 Å². The van der Waals surface area contributed by atoms with Crippen molar-refractivity contribution in [2.24, 2.45) is 5.73 Å². The number of nitrogens with two attached hydrogens (primary N) is 1. The highest BCUT2D eigenvalue weighted by molar-refractivity contribution is 5.93. The molecule has 0 spiro atoms. The molecule has 0 saturated heterocycles. The SMILES string of the molecule is CC1(C)OC(=O)c2cc(CN)ccc2O1. The lowest BCUT2D eigenvalue weighted by molar-refractivity contribution is -0.127. The first-order valence-corrected chi connectivity index (χ1v) is 4.77. The number of carbonyl (C=O) groups is 1. The first-order chi connectivity index (χ1) is 7.02. The van der Waals surface area contributed by atoms with Gasteiger partial charge in [-0.3, -0.25) is 0 Å². The molecule has 2 N–H and O–H groups in total. The first-order valence-electron chi connectivity index (χ1n) is 4.77. The number of esters is 1. The zero-order valence-electron chi connectivity index (χ0n) is 8.74. The lowest BCUT2D eigenvalue weighted by Crippen LogP contribution is -2.38. The smallest absolute Gasteiger partial charge is 0.345 e. The minimum absolute atomic E-state index is 0.364. The molecule has 0 bridgehead atoms. The molecule has 0 unspecified atom stereocenters. The summed E-state index contributed by atoms with van der Waals surface area (Å²) >= 11 is 0. The van der Waals surface area contributed by atoms with Gasteiger partial charge in [0.15, 0.2) is 0 Å². The van der Waals surface area contributed by atoms with E-state index in [0.29, 0.717) is 17.9 Å². The van der Waals surface area contributed by atoms with E-state index in [1.54, 1.807) is 26.0 Å². The maximum Gasteiger partial charge on any atom is 0.345 e. The summed E-state index contributed by atoms with van der Waals surface area (Å²) in [6, 6.07) is 5.29. The summed E-state index contributed by atoms with van der Waals surface area (Å²) in [6.07, 6.45) is 0. The van der Waals surface area contributed by atoms with Crippen LogP contribution in [-0.2, 0) is 11.3 Å². The number of hydrogen-bond acceptors (Lipinski definition) is 4. The van der Waals surface area contributed by atoms with E-state index in [2.05, 4.69) is 0 Å². The molecule has 15 heavy (non-hydrogen) atoms. The standard InChI is InChI=1S/C11H13NO3/c1-11(2)14-9-4-3-7(6-12)5-8(9)10(13)15-11/h3-5H,6,12H2,1-2H3. The lowest BCUT2D eigenvalue weighted by Gasteiger charge is -2.31. The van der Waals surface area contributed by atoms with Gasteiger partial charge in [-0.25, -0.2) is 4.79 Å². The van der Waals surface area contributed by atoms with E-state index in [-0.39, 0.29) is 5.97 Å². The summed E-state index contributed by atoms with van der Waals surface area (Å²) in [5.74, 6) is -0.709. The molecule has 1 aromatic carbocycles. The quantitative estimate of drug-likeness (QED) is 0.707. The normalized spacial score (nSPS) is 17.7. The van der Waals surface area contributed by atoms with Crippen molar-refractivity contribution in [1.82, 2.24) is 0 Å². The third-order valence-electron chi connectivity index (χ3n) is 2.19. The van der Waals surface area contributed by atoms with Crippen LogP contribution < -0.4 is 10.5 Å². The van der Waals surface area contributed by atoms with Crippen LogP contribution in [0.3, 0.4) is 0 Å². The van der Waals surface area contributed by atoms with Gasteiger partial charge in [-0.1, -0.05) is 6.07 Å². The molecule has 4 heteroatoms. The number of carbonyl (C=O) groups excluding carboxylic acids is 1. The van der Waals surface area contributed by atoms with E-state index in [9.17, 15) is 4.79 Å². The summed E-state index contributed by atoms with van der Waals surface area (Å²) in [4.78, 5) is 11.6. The molecule has 2 rings (SSSR count). The monoisotopic (exact) mass is 207 g/mol. The Hall–Kier alpha value is -1.55. The average molecular weight is 207 g/mol. The summed E-state index contributed by atoms with van der Waals surface area (Å²) in [5.41, 5.74) is 6.81. The van der Waals surface area contributed by atoms with Crippen LogP contribution in [0.15, 0.2) is 18.2 Å². The van der Waals surface area contributed by atoms with Gasteiger partial charge in [-0.2, -0.15) is 0 Å². The summed E-state index contributed by atoms with van der Waals surface area (Å²) in [7, 11) is 0. The second-order valence-electron chi connectivity index (χ2n) is 3.93. The Morgan fingerprint density at radius 3 is 2.73 bits per heavy atom. The molecular formula is C11H13NO3. The number of benzene rings is 1. The van der Waals surface area contributed by atoms with Gasteiger partial charge in [0.1, 0.15) is 11.3 Å². The Kier molecular flexibility index (Phi) is 2.16. The van der Waals surface area contributed by atoms with Crippen LogP contribution in [0.1, 0.15) is 29.8 Å². The van der Waals surface area contributed by atoms with Gasteiger partial charge in [0, 0.05) is 20.4 Å². The van der Waals surface area contributed by atoms with Crippen LogP contribution in [0, 0.1) is 0 Å². The molecule has 0 amide bonds. The minimum atomic E-state index is -0.895. The molecule has 0 aromatic heterocycles. The van der Waals surface area contributed by atoms with Gasteiger partial charge in [-0.15, -0.1) is 0 Å². The molecule has 1 aromatic rings. The van der Waals surface area contributed by atoms with Crippen molar-refractivity contribution in [3.8, 4) is 5.75 Å². The zero-order chi connectivity index (χ0) is 11.1. The van der Waals surface area contributed by atoms with Crippen LogP contribution in [-0.4, -0.2) is 11.8 Å². The van der Waals surface area contributed by atoms with Crippen molar-refractivity contribution in [2.45, 2.75) is 26.2 Å². The van der Waals surface area contributed by atoms with E-state index >= 15 is 0 Å². The topological polar surface area (TPSA) is 61.5 Å². The third-order valence-corrected chi connectivity index (χ3v) is 2.19. The molecule has 80 valence electrons. The van der Waals surface area contributed by atoms with Crippen LogP contribution in [0.2, 0.25) is 0 Å². The molecule has 1 heterocycles. The van der Waals surface area contributed by atoms with Crippen molar-refractivity contribution < 1.29 is 14.3 Å². The van der Waals surface area contributed by atoms with E-state index in [0.717, 1.165) is 5.56 Å². The Balaban J connectivity index is 2.46. The fourth-order valence-corrected chi connectivity index (χ4v) is 1.52. The summed E-state index contributed by atoms with van der Waals surface area (Å²) in [5, 5.41) is 0. The number of cyclic esters (lactones) is 1. The average Bonchev–Trinajstić information content (AvgIpc) is 2.15. The van der Waals surface area contributed by atoms with Gasteiger partial charge in [0.25, 0.3) is 0 Å². The Morgan fingerprint density at radius 1 is 1.33 bits per heavy atom. The van der Waals surface area contributed by atoms with Crippen LogP contribution in [0.4, 0.5) is 0 Å². The zero-order valence-corrected chi connectivity index (χ0v) is 8.74. The Labute approximate surface area is 88.0 Å². The maximum atomic E-state index is 11.6. The number of ether oxygens (including phenoxy) is 2. The van der Waals surface area contributed by atoms with E-state index in [1.807, 2.05) is 6.07 Å². The predicted molar refractivity (Wildman–Crippen MR) is 54.5 cm³/mol. The van der Waals surface area contributed by atoms with E-state index in [1.165, 1.54) is 0 Å². The highest BCUT2D eigenvalue weighted by atomic mass is 16.7. The predicted octanol–water partition coefficient (Wildman–Crippen LogP) is 1.43. The molecule has 0 aliphatic carbocycles. The second kappa shape index (κ2) is 3.24. The van der Waals surface area contributed by atoms with Crippen LogP contribution in [0.25, 0.3) is 0 Å². The Bertz CT molecular complexity index is 412. The van der Waals surface area contributed by atoms with Gasteiger partial charge in [-0.05, 0) is 17.7 Å². The first kappa shape index (κ1) is 9.98. The molecule has 1 aliphatic rings. The van der Waals surface area contributed by atoms with Gasteiger partial charge >= 0.3 is 5.97 Å².